The fourth-order valence-electron chi connectivity index (χ4n) is 6.22. The number of hydrogen-bond acceptors (Lipinski definition) is 4. The number of benzene rings is 3. The Morgan fingerprint density at radius 3 is 2.33 bits per heavy atom. The second-order valence-corrected chi connectivity index (χ2v) is 13.1. The van der Waals surface area contributed by atoms with Gasteiger partial charge < -0.3 is 15.7 Å². The van der Waals surface area contributed by atoms with E-state index in [4.69, 9.17) is 0 Å². The predicted molar refractivity (Wildman–Crippen MR) is 169 cm³/mol. The first-order valence-electron chi connectivity index (χ1n) is 15.4. The van der Waals surface area contributed by atoms with E-state index < -0.39 is 23.8 Å². The number of halogens is 2. The monoisotopic (exact) mass is 586 g/mol. The summed E-state index contributed by atoms with van der Waals surface area (Å²) >= 11 is 0. The van der Waals surface area contributed by atoms with Gasteiger partial charge in [-0.25, -0.2) is 8.78 Å². The molecule has 0 spiro atoms. The van der Waals surface area contributed by atoms with E-state index in [1.165, 1.54) is 29.7 Å². The lowest BCUT2D eigenvalue weighted by atomic mass is 9.74. The van der Waals surface area contributed by atoms with Gasteiger partial charge >= 0.3 is 0 Å². The van der Waals surface area contributed by atoms with Crippen LogP contribution in [0.5, 0.6) is 0 Å². The molecule has 0 radical (unpaired) electrons. The molecule has 7 heteroatoms. The van der Waals surface area contributed by atoms with Crippen molar-refractivity contribution in [3.05, 3.63) is 119 Å². The molecule has 0 amide bonds. The maximum atomic E-state index is 14.1. The molecule has 1 heterocycles. The fraction of sp³-hybridized carbons (Fsp3) is 0.417. The normalized spacial score (nSPS) is 16.5. The Labute approximate surface area is 254 Å². The minimum Gasteiger partial charge on any atom is -0.390 e. The topological polar surface area (TPSA) is 62.1 Å². The van der Waals surface area contributed by atoms with E-state index in [9.17, 15) is 13.9 Å². The van der Waals surface area contributed by atoms with Crippen LogP contribution in [0, 0.1) is 11.6 Å². The first-order chi connectivity index (χ1) is 20.6. The molecule has 3 aromatic carbocycles. The maximum Gasteiger partial charge on any atom is 0.126 e. The van der Waals surface area contributed by atoms with Crippen LogP contribution in [0.4, 0.5) is 14.5 Å². The van der Waals surface area contributed by atoms with Crippen molar-refractivity contribution in [3.8, 4) is 0 Å². The van der Waals surface area contributed by atoms with Gasteiger partial charge in [-0.15, -0.1) is 0 Å². The van der Waals surface area contributed by atoms with Crippen LogP contribution in [0.2, 0.25) is 0 Å². The number of aromatic nitrogens is 2. The summed E-state index contributed by atoms with van der Waals surface area (Å²) < 4.78 is 30.1. The van der Waals surface area contributed by atoms with Gasteiger partial charge in [0.2, 0.25) is 0 Å². The summed E-state index contributed by atoms with van der Waals surface area (Å²) in [6, 6.07) is 21.9. The van der Waals surface area contributed by atoms with Crippen LogP contribution in [0.25, 0.3) is 0 Å². The van der Waals surface area contributed by atoms with Crippen molar-refractivity contribution in [1.82, 2.24) is 15.1 Å². The molecule has 228 valence electrons. The number of rotatable bonds is 11. The van der Waals surface area contributed by atoms with E-state index in [1.807, 2.05) is 41.2 Å². The van der Waals surface area contributed by atoms with Gasteiger partial charge in [-0.3, -0.25) is 4.68 Å². The lowest BCUT2D eigenvalue weighted by molar-refractivity contribution is 0.122. The molecule has 1 aliphatic carbocycles. The van der Waals surface area contributed by atoms with Crippen molar-refractivity contribution < 1.29 is 13.9 Å². The molecule has 2 atom stereocenters. The molecule has 1 aromatic heterocycles. The molecule has 1 saturated carbocycles. The number of hydrogen-bond donors (Lipinski definition) is 3. The molecule has 4 aromatic rings. The Morgan fingerprint density at radius 1 is 0.907 bits per heavy atom. The molecule has 1 aliphatic rings. The lowest BCUT2D eigenvalue weighted by Crippen LogP contribution is -2.50. The molecule has 43 heavy (non-hydrogen) atoms. The minimum atomic E-state index is -0.839. The first kappa shape index (κ1) is 30.9. The molecular weight excluding hydrogens is 542 g/mol. The van der Waals surface area contributed by atoms with Gasteiger partial charge in [0.15, 0.2) is 0 Å². The molecule has 0 saturated heterocycles. The van der Waals surface area contributed by atoms with E-state index in [0.29, 0.717) is 18.7 Å². The zero-order valence-electron chi connectivity index (χ0n) is 25.5. The van der Waals surface area contributed by atoms with E-state index in [0.717, 1.165) is 43.0 Å². The zero-order chi connectivity index (χ0) is 30.5. The average Bonchev–Trinajstić information content (AvgIpc) is 3.42. The van der Waals surface area contributed by atoms with Crippen molar-refractivity contribution in [3.63, 3.8) is 0 Å². The second kappa shape index (κ2) is 13.4. The van der Waals surface area contributed by atoms with Gasteiger partial charge in [0.05, 0.1) is 30.6 Å². The molecular formula is C36H44F2N4O. The van der Waals surface area contributed by atoms with Crippen LogP contribution in [0.15, 0.2) is 85.2 Å². The largest absolute Gasteiger partial charge is 0.390 e. The smallest absolute Gasteiger partial charge is 0.126 e. The Hall–Kier alpha value is -3.55. The quantitative estimate of drug-likeness (QED) is 0.172. The van der Waals surface area contributed by atoms with Crippen LogP contribution in [-0.4, -0.2) is 33.6 Å². The van der Waals surface area contributed by atoms with Crippen LogP contribution in [0.1, 0.15) is 75.1 Å². The van der Waals surface area contributed by atoms with Crippen LogP contribution in [-0.2, 0) is 23.9 Å². The van der Waals surface area contributed by atoms with Gasteiger partial charge in [-0.1, -0.05) is 94.6 Å². The highest BCUT2D eigenvalue weighted by Gasteiger charge is 2.35. The molecule has 2 unspecified atom stereocenters. The Bertz CT molecular complexity index is 1450. The molecule has 3 N–H and O–H groups in total. The molecule has 5 rings (SSSR count). The summed E-state index contributed by atoms with van der Waals surface area (Å²) in [7, 11) is 0. The summed E-state index contributed by atoms with van der Waals surface area (Å²) in [6.45, 7) is 7.62. The van der Waals surface area contributed by atoms with Gasteiger partial charge in [-0.2, -0.15) is 5.10 Å². The molecule has 5 nitrogen and oxygen atoms in total. The van der Waals surface area contributed by atoms with Gasteiger partial charge in [-0.05, 0) is 59.1 Å². The van der Waals surface area contributed by atoms with E-state index in [-0.39, 0.29) is 17.4 Å². The molecule has 1 fully saturated rings. The predicted octanol–water partition coefficient (Wildman–Crippen LogP) is 7.34. The van der Waals surface area contributed by atoms with E-state index in [2.05, 4.69) is 60.8 Å². The third-order valence-electron chi connectivity index (χ3n) is 8.65. The third-order valence-corrected chi connectivity index (χ3v) is 8.65. The van der Waals surface area contributed by atoms with Crippen molar-refractivity contribution in [2.75, 3.05) is 11.9 Å². The van der Waals surface area contributed by atoms with Crippen LogP contribution < -0.4 is 10.6 Å². The highest BCUT2D eigenvalue weighted by molar-refractivity contribution is 5.41. The van der Waals surface area contributed by atoms with Crippen LogP contribution in [0.3, 0.4) is 0 Å². The number of nitrogens with zero attached hydrogens (tertiary/aromatic N) is 2. The van der Waals surface area contributed by atoms with Crippen molar-refractivity contribution in [2.45, 2.75) is 88.9 Å². The Morgan fingerprint density at radius 2 is 1.63 bits per heavy atom. The minimum absolute atomic E-state index is 0.0333. The van der Waals surface area contributed by atoms with Crippen molar-refractivity contribution >= 4 is 5.69 Å². The maximum absolute atomic E-state index is 14.1. The zero-order valence-corrected chi connectivity index (χ0v) is 25.5. The van der Waals surface area contributed by atoms with Crippen molar-refractivity contribution in [2.24, 2.45) is 0 Å². The second-order valence-electron chi connectivity index (χ2n) is 13.1. The fourth-order valence-corrected chi connectivity index (χ4v) is 6.22. The lowest BCUT2D eigenvalue weighted by Gasteiger charge is -2.41. The SMILES string of the molecule is CC(C)(C)c1cccc(C2(NCC(O)C(Cc3cc(F)cc(F)c3)Nc3cnn(Cc4ccccc4)c3)CCCCC2)c1. The summed E-state index contributed by atoms with van der Waals surface area (Å²) in [4.78, 5) is 0. The highest BCUT2D eigenvalue weighted by Crippen LogP contribution is 2.38. The standard InChI is InChI=1S/C36H44F2N4O/c1-35(2,3)28-13-10-14-29(20-28)36(15-8-5-9-16-36)39-23-34(43)33(19-27-17-30(37)21-31(38)18-27)41-32-22-40-42(25-32)24-26-11-6-4-7-12-26/h4,6-7,10-14,17-18,20-22,25,33-34,39,41,43H,5,8-9,15-16,19,23-24H2,1-3H3. The number of aliphatic hydroxyl groups is 1. The highest BCUT2D eigenvalue weighted by atomic mass is 19.1. The number of anilines is 1. The van der Waals surface area contributed by atoms with E-state index >= 15 is 0 Å². The van der Waals surface area contributed by atoms with E-state index in [1.54, 1.807) is 6.20 Å². The molecule has 0 bridgehead atoms. The number of aliphatic hydroxyl groups excluding tert-OH is 1. The summed E-state index contributed by atoms with van der Waals surface area (Å²) in [5.41, 5.74) is 4.69. The van der Waals surface area contributed by atoms with Gasteiger partial charge in [0.1, 0.15) is 11.6 Å². The Balaban J connectivity index is 1.36. The van der Waals surface area contributed by atoms with Gasteiger partial charge in [0.25, 0.3) is 0 Å². The summed E-state index contributed by atoms with van der Waals surface area (Å²) in [5.74, 6) is -1.26. The van der Waals surface area contributed by atoms with Crippen LogP contribution >= 0.6 is 0 Å². The summed E-state index contributed by atoms with van der Waals surface area (Å²) in [5, 5.41) is 23.3. The van der Waals surface area contributed by atoms with Crippen molar-refractivity contribution in [1.29, 1.82) is 0 Å². The first-order valence-corrected chi connectivity index (χ1v) is 15.4. The average molecular weight is 587 g/mol. The Kier molecular flexibility index (Phi) is 9.62. The van der Waals surface area contributed by atoms with Gasteiger partial charge in [0, 0.05) is 24.3 Å². The molecule has 0 aliphatic heterocycles. The number of nitrogens with one attached hydrogen (secondary N) is 2. The third kappa shape index (κ3) is 8.09. The summed E-state index contributed by atoms with van der Waals surface area (Å²) in [6.07, 6.45) is 8.45.